The summed E-state index contributed by atoms with van der Waals surface area (Å²) in [6.07, 6.45) is 7.80. The Kier molecular flexibility index (Phi) is 2.56. The summed E-state index contributed by atoms with van der Waals surface area (Å²) in [6, 6.07) is 4.43. The molecule has 0 amide bonds. The first-order chi connectivity index (χ1) is 6.78. The SMILES string of the molecule is N#CC1(c2ccncc2Br)CCCC1. The van der Waals surface area contributed by atoms with Gasteiger partial charge in [-0.25, -0.2) is 0 Å². The molecule has 0 saturated heterocycles. The molecule has 1 aliphatic rings. The lowest BCUT2D eigenvalue weighted by molar-refractivity contribution is 0.569. The Morgan fingerprint density at radius 1 is 1.43 bits per heavy atom. The van der Waals surface area contributed by atoms with Crippen molar-refractivity contribution in [2.75, 3.05) is 0 Å². The minimum atomic E-state index is -0.262. The fourth-order valence-corrected chi connectivity index (χ4v) is 2.81. The molecule has 0 N–H and O–H groups in total. The van der Waals surface area contributed by atoms with Crippen LogP contribution in [-0.4, -0.2) is 4.98 Å². The van der Waals surface area contributed by atoms with Gasteiger partial charge in [0.2, 0.25) is 0 Å². The molecule has 1 fully saturated rings. The maximum absolute atomic E-state index is 9.30. The van der Waals surface area contributed by atoms with E-state index in [1.807, 2.05) is 6.07 Å². The van der Waals surface area contributed by atoms with Crippen molar-refractivity contribution in [3.63, 3.8) is 0 Å². The summed E-state index contributed by atoms with van der Waals surface area (Å²) in [5, 5.41) is 9.30. The highest BCUT2D eigenvalue weighted by Crippen LogP contribution is 2.42. The summed E-state index contributed by atoms with van der Waals surface area (Å²) >= 11 is 3.47. The van der Waals surface area contributed by atoms with Crippen LogP contribution in [0.1, 0.15) is 31.2 Å². The normalized spacial score (nSPS) is 19.1. The minimum Gasteiger partial charge on any atom is -0.264 e. The summed E-state index contributed by atoms with van der Waals surface area (Å²) in [5.41, 5.74) is 0.842. The molecular formula is C11H11BrN2. The molecule has 72 valence electrons. The van der Waals surface area contributed by atoms with Gasteiger partial charge in [0, 0.05) is 16.9 Å². The zero-order chi connectivity index (χ0) is 10.0. The van der Waals surface area contributed by atoms with E-state index in [4.69, 9.17) is 0 Å². The van der Waals surface area contributed by atoms with E-state index in [9.17, 15) is 5.26 Å². The molecule has 1 aliphatic carbocycles. The van der Waals surface area contributed by atoms with E-state index in [-0.39, 0.29) is 5.41 Å². The molecule has 14 heavy (non-hydrogen) atoms. The number of halogens is 1. The maximum atomic E-state index is 9.30. The topological polar surface area (TPSA) is 36.7 Å². The van der Waals surface area contributed by atoms with E-state index >= 15 is 0 Å². The van der Waals surface area contributed by atoms with Crippen LogP contribution in [0.3, 0.4) is 0 Å². The third-order valence-corrected chi connectivity index (χ3v) is 3.59. The van der Waals surface area contributed by atoms with Gasteiger partial charge in [0.1, 0.15) is 0 Å². The molecular weight excluding hydrogens is 240 g/mol. The average molecular weight is 251 g/mol. The number of hydrogen-bond donors (Lipinski definition) is 0. The second-order valence-corrected chi connectivity index (χ2v) is 4.61. The van der Waals surface area contributed by atoms with Gasteiger partial charge in [-0.05, 0) is 40.4 Å². The zero-order valence-corrected chi connectivity index (χ0v) is 9.42. The lowest BCUT2D eigenvalue weighted by Crippen LogP contribution is -2.19. The van der Waals surface area contributed by atoms with E-state index in [0.717, 1.165) is 35.7 Å². The molecule has 1 aromatic heterocycles. The fraction of sp³-hybridized carbons (Fsp3) is 0.455. The second-order valence-electron chi connectivity index (χ2n) is 3.76. The number of pyridine rings is 1. The van der Waals surface area contributed by atoms with Gasteiger partial charge in [-0.3, -0.25) is 4.98 Å². The molecule has 1 aromatic rings. The molecule has 0 bridgehead atoms. The average Bonchev–Trinajstić information content (AvgIpc) is 2.68. The molecule has 0 aromatic carbocycles. The first kappa shape index (κ1) is 9.67. The van der Waals surface area contributed by atoms with Gasteiger partial charge in [-0.15, -0.1) is 0 Å². The fourth-order valence-electron chi connectivity index (χ4n) is 2.18. The van der Waals surface area contributed by atoms with Gasteiger partial charge < -0.3 is 0 Å². The molecule has 0 atom stereocenters. The van der Waals surface area contributed by atoms with E-state index in [2.05, 4.69) is 27.0 Å². The van der Waals surface area contributed by atoms with Crippen LogP contribution in [-0.2, 0) is 5.41 Å². The number of rotatable bonds is 1. The van der Waals surface area contributed by atoms with Gasteiger partial charge in [0.15, 0.2) is 0 Å². The lowest BCUT2D eigenvalue weighted by Gasteiger charge is -2.21. The van der Waals surface area contributed by atoms with Crippen molar-refractivity contribution < 1.29 is 0 Å². The molecule has 1 heterocycles. The van der Waals surface area contributed by atoms with E-state index in [0.29, 0.717) is 0 Å². The largest absolute Gasteiger partial charge is 0.264 e. The predicted octanol–water partition coefficient (Wildman–Crippen LogP) is 3.18. The molecule has 2 nitrogen and oxygen atoms in total. The highest BCUT2D eigenvalue weighted by Gasteiger charge is 2.37. The Morgan fingerprint density at radius 2 is 2.14 bits per heavy atom. The van der Waals surface area contributed by atoms with E-state index < -0.39 is 0 Å². The van der Waals surface area contributed by atoms with Gasteiger partial charge in [-0.2, -0.15) is 5.26 Å². The molecule has 3 heteroatoms. The Balaban J connectivity index is 2.47. The third kappa shape index (κ3) is 1.44. The van der Waals surface area contributed by atoms with Crippen LogP contribution < -0.4 is 0 Å². The molecule has 1 saturated carbocycles. The third-order valence-electron chi connectivity index (χ3n) is 2.96. The number of nitrogens with zero attached hydrogens (tertiary/aromatic N) is 2. The molecule has 0 spiro atoms. The number of hydrogen-bond acceptors (Lipinski definition) is 2. The molecule has 2 rings (SSSR count). The van der Waals surface area contributed by atoms with E-state index in [1.165, 1.54) is 0 Å². The highest BCUT2D eigenvalue weighted by molar-refractivity contribution is 9.10. The van der Waals surface area contributed by atoms with Crippen molar-refractivity contribution in [1.82, 2.24) is 4.98 Å². The summed E-state index contributed by atoms with van der Waals surface area (Å²) in [6.45, 7) is 0. The second kappa shape index (κ2) is 3.70. The van der Waals surface area contributed by atoms with Crippen molar-refractivity contribution in [3.8, 4) is 6.07 Å². The van der Waals surface area contributed by atoms with Crippen LogP contribution in [0.4, 0.5) is 0 Å². The smallest absolute Gasteiger partial charge is 0.0834 e. The minimum absolute atomic E-state index is 0.262. The first-order valence-corrected chi connectivity index (χ1v) is 5.59. The Bertz CT molecular complexity index is 375. The van der Waals surface area contributed by atoms with Gasteiger partial charge in [0.05, 0.1) is 11.5 Å². The summed E-state index contributed by atoms with van der Waals surface area (Å²) in [4.78, 5) is 4.03. The van der Waals surface area contributed by atoms with Gasteiger partial charge in [-0.1, -0.05) is 12.8 Å². The van der Waals surface area contributed by atoms with Crippen molar-refractivity contribution in [1.29, 1.82) is 5.26 Å². The standard InChI is InChI=1S/C11H11BrN2/c12-10-7-14-6-3-9(10)11(8-13)4-1-2-5-11/h3,6-7H,1-2,4-5H2. The molecule has 0 unspecified atom stereocenters. The van der Waals surface area contributed by atoms with Crippen molar-refractivity contribution in [2.24, 2.45) is 0 Å². The molecule has 0 aliphatic heterocycles. The Hall–Kier alpha value is -0.880. The number of aromatic nitrogens is 1. The Morgan fingerprint density at radius 3 is 2.71 bits per heavy atom. The Labute approximate surface area is 92.1 Å². The lowest BCUT2D eigenvalue weighted by atomic mass is 9.81. The first-order valence-electron chi connectivity index (χ1n) is 4.80. The van der Waals surface area contributed by atoms with Crippen molar-refractivity contribution in [2.45, 2.75) is 31.1 Å². The quantitative estimate of drug-likeness (QED) is 0.768. The van der Waals surface area contributed by atoms with E-state index in [1.54, 1.807) is 12.4 Å². The van der Waals surface area contributed by atoms with Crippen molar-refractivity contribution >= 4 is 15.9 Å². The number of nitriles is 1. The van der Waals surface area contributed by atoms with Gasteiger partial charge in [0.25, 0.3) is 0 Å². The van der Waals surface area contributed by atoms with Crippen LogP contribution in [0.5, 0.6) is 0 Å². The molecule has 0 radical (unpaired) electrons. The van der Waals surface area contributed by atoms with Crippen LogP contribution in [0.25, 0.3) is 0 Å². The van der Waals surface area contributed by atoms with Crippen LogP contribution in [0.2, 0.25) is 0 Å². The monoisotopic (exact) mass is 250 g/mol. The van der Waals surface area contributed by atoms with Crippen LogP contribution in [0, 0.1) is 11.3 Å². The maximum Gasteiger partial charge on any atom is 0.0834 e. The van der Waals surface area contributed by atoms with Crippen LogP contribution >= 0.6 is 15.9 Å². The summed E-state index contributed by atoms with van der Waals surface area (Å²) in [7, 11) is 0. The highest BCUT2D eigenvalue weighted by atomic mass is 79.9. The zero-order valence-electron chi connectivity index (χ0n) is 7.83. The summed E-state index contributed by atoms with van der Waals surface area (Å²) in [5.74, 6) is 0. The summed E-state index contributed by atoms with van der Waals surface area (Å²) < 4.78 is 0.962. The van der Waals surface area contributed by atoms with Gasteiger partial charge >= 0.3 is 0 Å². The van der Waals surface area contributed by atoms with Crippen LogP contribution in [0.15, 0.2) is 22.9 Å². The van der Waals surface area contributed by atoms with Crippen molar-refractivity contribution in [3.05, 3.63) is 28.5 Å². The predicted molar refractivity (Wildman–Crippen MR) is 57.7 cm³/mol.